The predicted octanol–water partition coefficient (Wildman–Crippen LogP) is 3.10. The minimum Gasteiger partial charge on any atom is -0.488 e. The second-order valence-corrected chi connectivity index (χ2v) is 7.03. The molecule has 0 saturated carbocycles. The number of amides is 2. The Morgan fingerprint density at radius 3 is 2.26 bits per heavy atom. The summed E-state index contributed by atoms with van der Waals surface area (Å²) in [5.74, 6) is 0.688. The molecule has 2 heterocycles. The van der Waals surface area contributed by atoms with Gasteiger partial charge in [-0.05, 0) is 36.4 Å². The molecule has 1 fully saturated rings. The quantitative estimate of drug-likeness (QED) is 0.802. The zero-order valence-electron chi connectivity index (χ0n) is 14.7. The largest absolute Gasteiger partial charge is 0.488 e. The maximum Gasteiger partial charge on any atom is 0.253 e. The Balaban J connectivity index is 1.41. The molecule has 2 aromatic carbocycles. The van der Waals surface area contributed by atoms with E-state index < -0.39 is 0 Å². The van der Waals surface area contributed by atoms with Gasteiger partial charge in [0, 0.05) is 42.3 Å². The summed E-state index contributed by atoms with van der Waals surface area (Å²) in [7, 11) is 0. The smallest absolute Gasteiger partial charge is 0.253 e. The normalized spacial score (nSPS) is 16.3. The van der Waals surface area contributed by atoms with Gasteiger partial charge in [-0.15, -0.1) is 0 Å². The van der Waals surface area contributed by atoms with Gasteiger partial charge in [0.05, 0.1) is 5.57 Å². The third kappa shape index (κ3) is 3.69. The van der Waals surface area contributed by atoms with E-state index in [4.69, 9.17) is 16.3 Å². The van der Waals surface area contributed by atoms with Crippen LogP contribution in [0.2, 0.25) is 5.02 Å². The van der Waals surface area contributed by atoms with Gasteiger partial charge in [-0.1, -0.05) is 29.8 Å². The summed E-state index contributed by atoms with van der Waals surface area (Å²) in [6, 6.07) is 14.6. The van der Waals surface area contributed by atoms with Gasteiger partial charge in [0.25, 0.3) is 11.8 Å². The number of hydrogen-bond acceptors (Lipinski definition) is 3. The van der Waals surface area contributed by atoms with E-state index in [0.29, 0.717) is 42.3 Å². The lowest BCUT2D eigenvalue weighted by atomic mass is 10.1. The highest BCUT2D eigenvalue weighted by Crippen LogP contribution is 2.29. The average molecular weight is 383 g/mol. The molecule has 5 nitrogen and oxygen atoms in total. The number of nitrogens with zero attached hydrogens (tertiary/aromatic N) is 2. The molecule has 0 spiro atoms. The third-order valence-corrected chi connectivity index (χ3v) is 5.07. The van der Waals surface area contributed by atoms with Gasteiger partial charge in [-0.3, -0.25) is 9.59 Å². The summed E-state index contributed by atoms with van der Waals surface area (Å²) in [5, 5.41) is 0.607. The molecule has 2 aromatic rings. The van der Waals surface area contributed by atoms with Crippen LogP contribution >= 0.6 is 11.6 Å². The Hall–Kier alpha value is -2.79. The first kappa shape index (κ1) is 17.6. The fraction of sp³-hybridized carbons (Fsp3) is 0.238. The molecule has 0 atom stereocenters. The fourth-order valence-electron chi connectivity index (χ4n) is 3.35. The van der Waals surface area contributed by atoms with Crippen molar-refractivity contribution in [2.75, 3.05) is 32.8 Å². The fourth-order valence-corrected chi connectivity index (χ4v) is 3.53. The van der Waals surface area contributed by atoms with Crippen molar-refractivity contribution in [2.45, 2.75) is 0 Å². The summed E-state index contributed by atoms with van der Waals surface area (Å²) in [6.07, 6.45) is 1.84. The lowest BCUT2D eigenvalue weighted by Gasteiger charge is -2.35. The molecular weight excluding hydrogens is 364 g/mol. The van der Waals surface area contributed by atoms with Crippen molar-refractivity contribution in [1.29, 1.82) is 0 Å². The van der Waals surface area contributed by atoms with Crippen LogP contribution in [0.1, 0.15) is 15.9 Å². The molecule has 0 N–H and O–H groups in total. The Kier molecular flexibility index (Phi) is 4.86. The van der Waals surface area contributed by atoms with Gasteiger partial charge >= 0.3 is 0 Å². The van der Waals surface area contributed by atoms with Crippen LogP contribution in [-0.4, -0.2) is 54.4 Å². The van der Waals surface area contributed by atoms with Crippen molar-refractivity contribution in [3.63, 3.8) is 0 Å². The van der Waals surface area contributed by atoms with E-state index in [1.807, 2.05) is 42.5 Å². The molecule has 2 aliphatic rings. The minimum absolute atomic E-state index is 0.00600. The summed E-state index contributed by atoms with van der Waals surface area (Å²) < 4.78 is 5.68. The van der Waals surface area contributed by atoms with Crippen molar-refractivity contribution in [2.24, 2.45) is 0 Å². The van der Waals surface area contributed by atoms with E-state index in [2.05, 4.69) is 0 Å². The van der Waals surface area contributed by atoms with Gasteiger partial charge in [0.15, 0.2) is 0 Å². The maximum atomic E-state index is 12.8. The maximum absolute atomic E-state index is 12.8. The second kappa shape index (κ2) is 7.45. The SMILES string of the molecule is O=C(C1=Cc2cc(Cl)ccc2OC1)N1CCN(C(=O)c2ccccc2)CC1. The number of rotatable bonds is 2. The molecule has 0 unspecified atom stereocenters. The van der Waals surface area contributed by atoms with Crippen molar-refractivity contribution in [1.82, 2.24) is 9.80 Å². The number of benzene rings is 2. The Labute approximate surface area is 162 Å². The number of fused-ring (bicyclic) bond motifs is 1. The summed E-state index contributed by atoms with van der Waals surface area (Å²) in [6.45, 7) is 2.32. The van der Waals surface area contributed by atoms with Crippen molar-refractivity contribution >= 4 is 29.5 Å². The highest BCUT2D eigenvalue weighted by atomic mass is 35.5. The van der Waals surface area contributed by atoms with E-state index in [1.165, 1.54) is 0 Å². The van der Waals surface area contributed by atoms with Crippen LogP contribution in [0.5, 0.6) is 5.75 Å². The number of carbonyl (C=O) groups is 2. The highest BCUT2D eigenvalue weighted by Gasteiger charge is 2.28. The molecule has 0 radical (unpaired) electrons. The molecular formula is C21H19ClN2O3. The van der Waals surface area contributed by atoms with Crippen LogP contribution in [0.4, 0.5) is 0 Å². The number of piperazine rings is 1. The van der Waals surface area contributed by atoms with E-state index >= 15 is 0 Å². The summed E-state index contributed by atoms with van der Waals surface area (Å²) in [5.41, 5.74) is 2.09. The van der Waals surface area contributed by atoms with Crippen molar-refractivity contribution in [3.05, 3.63) is 70.3 Å². The van der Waals surface area contributed by atoms with Gasteiger partial charge in [-0.25, -0.2) is 0 Å². The molecule has 2 aliphatic heterocycles. The molecule has 4 rings (SSSR count). The van der Waals surface area contributed by atoms with Crippen LogP contribution in [0.3, 0.4) is 0 Å². The summed E-state index contributed by atoms with van der Waals surface area (Å²) in [4.78, 5) is 28.9. The molecule has 0 aliphatic carbocycles. The number of ether oxygens (including phenoxy) is 1. The predicted molar refractivity (Wildman–Crippen MR) is 104 cm³/mol. The molecule has 138 valence electrons. The highest BCUT2D eigenvalue weighted by molar-refractivity contribution is 6.30. The van der Waals surface area contributed by atoms with Gasteiger partial charge in [0.2, 0.25) is 0 Å². The first-order chi connectivity index (χ1) is 13.1. The number of hydrogen-bond donors (Lipinski definition) is 0. The third-order valence-electron chi connectivity index (χ3n) is 4.83. The van der Waals surface area contributed by atoms with Gasteiger partial charge < -0.3 is 14.5 Å². The monoisotopic (exact) mass is 382 g/mol. The van der Waals surface area contributed by atoms with E-state index in [9.17, 15) is 9.59 Å². The number of carbonyl (C=O) groups excluding carboxylic acids is 2. The standard InChI is InChI=1S/C21H19ClN2O3/c22-18-6-7-19-16(13-18)12-17(14-27-19)21(26)24-10-8-23(9-11-24)20(25)15-4-2-1-3-5-15/h1-7,12-13H,8-11,14H2. The lowest BCUT2D eigenvalue weighted by Crippen LogP contribution is -2.51. The Bertz CT molecular complexity index is 903. The zero-order chi connectivity index (χ0) is 18.8. The molecule has 2 amide bonds. The number of halogens is 1. The minimum atomic E-state index is -0.0487. The van der Waals surface area contributed by atoms with Crippen LogP contribution in [-0.2, 0) is 4.79 Å². The molecule has 1 saturated heterocycles. The Morgan fingerprint density at radius 2 is 1.56 bits per heavy atom. The zero-order valence-corrected chi connectivity index (χ0v) is 15.5. The molecule has 6 heteroatoms. The first-order valence-electron chi connectivity index (χ1n) is 8.88. The molecule has 0 aromatic heterocycles. The van der Waals surface area contributed by atoms with Crippen molar-refractivity contribution < 1.29 is 14.3 Å². The van der Waals surface area contributed by atoms with Crippen LogP contribution < -0.4 is 4.74 Å². The van der Waals surface area contributed by atoms with Crippen molar-refractivity contribution in [3.8, 4) is 5.75 Å². The van der Waals surface area contributed by atoms with Crippen LogP contribution in [0.15, 0.2) is 54.1 Å². The average Bonchev–Trinajstić information content (AvgIpc) is 2.73. The Morgan fingerprint density at radius 1 is 0.889 bits per heavy atom. The van der Waals surface area contributed by atoms with Gasteiger partial charge in [0.1, 0.15) is 12.4 Å². The summed E-state index contributed by atoms with van der Waals surface area (Å²) >= 11 is 6.03. The first-order valence-corrected chi connectivity index (χ1v) is 9.26. The van der Waals surface area contributed by atoms with Crippen LogP contribution in [0, 0.1) is 0 Å². The van der Waals surface area contributed by atoms with Crippen LogP contribution in [0.25, 0.3) is 6.08 Å². The molecule has 0 bridgehead atoms. The van der Waals surface area contributed by atoms with E-state index in [1.54, 1.807) is 21.9 Å². The molecule has 27 heavy (non-hydrogen) atoms. The van der Waals surface area contributed by atoms with Gasteiger partial charge in [-0.2, -0.15) is 0 Å². The second-order valence-electron chi connectivity index (χ2n) is 6.59. The van der Waals surface area contributed by atoms with E-state index in [0.717, 1.165) is 11.3 Å². The van der Waals surface area contributed by atoms with E-state index in [-0.39, 0.29) is 18.4 Å². The topological polar surface area (TPSA) is 49.9 Å². The lowest BCUT2D eigenvalue weighted by molar-refractivity contribution is -0.128.